The Morgan fingerprint density at radius 1 is 1.38 bits per heavy atom. The summed E-state index contributed by atoms with van der Waals surface area (Å²) in [5.41, 5.74) is -1.11. The van der Waals surface area contributed by atoms with Gasteiger partial charge in [-0.25, -0.2) is 0 Å². The molecule has 0 radical (unpaired) electrons. The van der Waals surface area contributed by atoms with Gasteiger partial charge in [-0.3, -0.25) is 9.67 Å². The molecular weight excluding hydrogens is 301 g/mol. The molecule has 21 heavy (non-hydrogen) atoms. The molecule has 0 bridgehead atoms. The lowest BCUT2D eigenvalue weighted by Gasteiger charge is -2.12. The molecule has 3 rings (SSSR count). The van der Waals surface area contributed by atoms with Crippen molar-refractivity contribution in [1.29, 1.82) is 5.26 Å². The second kappa shape index (κ2) is 4.70. The van der Waals surface area contributed by atoms with Crippen LogP contribution in [0.1, 0.15) is 35.7 Å². The van der Waals surface area contributed by atoms with Crippen LogP contribution in [0.2, 0.25) is 0 Å². The van der Waals surface area contributed by atoms with E-state index in [9.17, 15) is 13.2 Å². The van der Waals surface area contributed by atoms with Crippen molar-refractivity contribution in [3.05, 3.63) is 39.9 Å². The van der Waals surface area contributed by atoms with Gasteiger partial charge in [-0.1, -0.05) is 0 Å². The summed E-state index contributed by atoms with van der Waals surface area (Å²) in [7, 11) is 0. The lowest BCUT2D eigenvalue weighted by molar-refractivity contribution is -0.137. The predicted octanol–water partition coefficient (Wildman–Crippen LogP) is 3.70. The Bertz CT molecular complexity index is 793. The minimum Gasteiger partial charge on any atom is -0.272 e. The van der Waals surface area contributed by atoms with Gasteiger partial charge < -0.3 is 0 Å². The highest BCUT2D eigenvalue weighted by atomic mass is 32.1. The van der Waals surface area contributed by atoms with E-state index in [-0.39, 0.29) is 16.4 Å². The molecule has 1 aliphatic rings. The summed E-state index contributed by atoms with van der Waals surface area (Å²) in [5.74, 6) is 0.862. The normalized spacial score (nSPS) is 15.0. The largest absolute Gasteiger partial charge is 0.417 e. The zero-order valence-electron chi connectivity index (χ0n) is 10.6. The minimum atomic E-state index is -4.59. The highest BCUT2D eigenvalue weighted by molar-refractivity contribution is 7.71. The Hall–Kier alpha value is -2.14. The van der Waals surface area contributed by atoms with Crippen LogP contribution in [-0.4, -0.2) is 14.8 Å². The molecule has 1 saturated carbocycles. The molecule has 108 valence electrons. The third-order valence-corrected chi connectivity index (χ3v) is 3.60. The van der Waals surface area contributed by atoms with Gasteiger partial charge in [0.1, 0.15) is 5.82 Å². The van der Waals surface area contributed by atoms with Gasteiger partial charge >= 0.3 is 6.18 Å². The highest BCUT2D eigenvalue weighted by Gasteiger charge is 2.35. The first-order chi connectivity index (χ1) is 9.91. The number of nitriles is 1. The first-order valence-corrected chi connectivity index (χ1v) is 6.61. The van der Waals surface area contributed by atoms with Gasteiger partial charge in [0.05, 0.1) is 22.9 Å². The number of benzene rings is 1. The number of hydrogen-bond donors (Lipinski definition) is 1. The Balaban J connectivity index is 2.19. The number of aromatic nitrogens is 3. The van der Waals surface area contributed by atoms with Crippen molar-refractivity contribution < 1.29 is 13.2 Å². The fraction of sp³-hybridized carbons (Fsp3) is 0.308. The van der Waals surface area contributed by atoms with Crippen LogP contribution in [0.4, 0.5) is 13.2 Å². The number of hydrogen-bond acceptors (Lipinski definition) is 3. The standard InChI is InChI=1S/C13H9F3N4S/c14-13(15,16)10-5-9(4-3-8(10)6-17)20-11(7-1-2-7)18-19-12(20)21/h3-5,7H,1-2H2,(H,19,21). The number of rotatable bonds is 2. The van der Waals surface area contributed by atoms with E-state index in [1.165, 1.54) is 10.6 Å². The Kier molecular flexibility index (Phi) is 3.10. The molecule has 4 nitrogen and oxygen atoms in total. The smallest absolute Gasteiger partial charge is 0.272 e. The SMILES string of the molecule is N#Cc1ccc(-n2c(C3CC3)n[nH]c2=S)cc1C(F)(F)F. The summed E-state index contributed by atoms with van der Waals surface area (Å²) in [6, 6.07) is 5.11. The van der Waals surface area contributed by atoms with Crippen molar-refractivity contribution in [2.24, 2.45) is 0 Å². The Labute approximate surface area is 122 Å². The number of nitrogens with one attached hydrogen (secondary N) is 1. The summed E-state index contributed by atoms with van der Waals surface area (Å²) >= 11 is 5.10. The van der Waals surface area contributed by atoms with Gasteiger partial charge in [0.2, 0.25) is 0 Å². The minimum absolute atomic E-state index is 0.225. The third-order valence-electron chi connectivity index (χ3n) is 3.33. The Morgan fingerprint density at radius 3 is 2.67 bits per heavy atom. The van der Waals surface area contributed by atoms with E-state index in [0.29, 0.717) is 5.82 Å². The summed E-state index contributed by atoms with van der Waals surface area (Å²) < 4.78 is 40.8. The molecule has 1 aromatic heterocycles. The van der Waals surface area contributed by atoms with E-state index < -0.39 is 17.3 Å². The van der Waals surface area contributed by atoms with E-state index in [1.54, 1.807) is 6.07 Å². The number of H-pyrrole nitrogens is 1. The number of alkyl halides is 3. The van der Waals surface area contributed by atoms with Crippen LogP contribution in [0, 0.1) is 16.1 Å². The molecule has 0 atom stereocenters. The second-order valence-corrected chi connectivity index (χ2v) is 5.22. The molecule has 1 heterocycles. The van der Waals surface area contributed by atoms with E-state index in [0.717, 1.165) is 25.0 Å². The van der Waals surface area contributed by atoms with Crippen molar-refractivity contribution in [2.75, 3.05) is 0 Å². The first kappa shape index (κ1) is 13.8. The van der Waals surface area contributed by atoms with Crippen molar-refractivity contribution in [1.82, 2.24) is 14.8 Å². The summed E-state index contributed by atoms with van der Waals surface area (Å²) in [5, 5.41) is 15.5. The lowest BCUT2D eigenvalue weighted by atomic mass is 10.1. The molecule has 1 fully saturated rings. The van der Waals surface area contributed by atoms with Crippen molar-refractivity contribution >= 4 is 12.2 Å². The van der Waals surface area contributed by atoms with Crippen LogP contribution in [0.15, 0.2) is 18.2 Å². The maximum atomic E-state index is 13.0. The zero-order chi connectivity index (χ0) is 15.2. The van der Waals surface area contributed by atoms with E-state index in [1.807, 2.05) is 0 Å². The van der Waals surface area contributed by atoms with Crippen LogP contribution in [0.3, 0.4) is 0 Å². The van der Waals surface area contributed by atoms with Crippen LogP contribution in [0.5, 0.6) is 0 Å². The topological polar surface area (TPSA) is 57.4 Å². The van der Waals surface area contributed by atoms with Crippen molar-refractivity contribution in [3.63, 3.8) is 0 Å². The molecular formula is C13H9F3N4S. The third kappa shape index (κ3) is 2.45. The number of halogens is 3. The Morgan fingerprint density at radius 2 is 2.10 bits per heavy atom. The summed E-state index contributed by atoms with van der Waals surface area (Å²) in [6.45, 7) is 0. The monoisotopic (exact) mass is 310 g/mol. The first-order valence-electron chi connectivity index (χ1n) is 6.21. The molecule has 1 aliphatic carbocycles. The number of nitrogens with zero attached hydrogens (tertiary/aromatic N) is 3. The predicted molar refractivity (Wildman–Crippen MR) is 70.4 cm³/mol. The quantitative estimate of drug-likeness (QED) is 0.861. The molecule has 2 aromatic rings. The summed E-state index contributed by atoms with van der Waals surface area (Å²) in [6.07, 6.45) is -2.70. The van der Waals surface area contributed by atoms with Crippen molar-refractivity contribution in [2.45, 2.75) is 24.9 Å². The highest BCUT2D eigenvalue weighted by Crippen LogP contribution is 2.40. The molecule has 0 amide bonds. The van der Waals surface area contributed by atoms with E-state index >= 15 is 0 Å². The molecule has 0 spiro atoms. The molecule has 0 unspecified atom stereocenters. The fourth-order valence-corrected chi connectivity index (χ4v) is 2.42. The van der Waals surface area contributed by atoms with E-state index in [2.05, 4.69) is 10.2 Å². The van der Waals surface area contributed by atoms with Gasteiger partial charge in [0, 0.05) is 5.92 Å². The molecule has 8 heteroatoms. The second-order valence-electron chi connectivity index (χ2n) is 4.84. The van der Waals surface area contributed by atoms with Gasteiger partial charge in [0.15, 0.2) is 4.77 Å². The average molecular weight is 310 g/mol. The molecule has 1 aromatic carbocycles. The lowest BCUT2D eigenvalue weighted by Crippen LogP contribution is -2.10. The summed E-state index contributed by atoms with van der Waals surface area (Å²) in [4.78, 5) is 0. The maximum Gasteiger partial charge on any atom is 0.417 e. The zero-order valence-corrected chi connectivity index (χ0v) is 11.4. The van der Waals surface area contributed by atoms with E-state index in [4.69, 9.17) is 17.5 Å². The van der Waals surface area contributed by atoms with Crippen molar-refractivity contribution in [3.8, 4) is 11.8 Å². The van der Waals surface area contributed by atoms with Gasteiger partial charge in [0.25, 0.3) is 0 Å². The maximum absolute atomic E-state index is 13.0. The van der Waals surface area contributed by atoms with Gasteiger partial charge in [-0.15, -0.1) is 0 Å². The molecule has 1 N–H and O–H groups in total. The number of aromatic amines is 1. The van der Waals surface area contributed by atoms with Crippen LogP contribution >= 0.6 is 12.2 Å². The van der Waals surface area contributed by atoms with Gasteiger partial charge in [-0.2, -0.15) is 23.5 Å². The van der Waals surface area contributed by atoms with Crippen LogP contribution < -0.4 is 0 Å². The molecule has 0 saturated heterocycles. The van der Waals surface area contributed by atoms with Crippen LogP contribution in [0.25, 0.3) is 5.69 Å². The fourth-order valence-electron chi connectivity index (χ4n) is 2.18. The van der Waals surface area contributed by atoms with Gasteiger partial charge in [-0.05, 0) is 43.3 Å². The van der Waals surface area contributed by atoms with Crippen LogP contribution in [-0.2, 0) is 6.18 Å². The average Bonchev–Trinajstić information content (AvgIpc) is 3.20. The molecule has 0 aliphatic heterocycles.